The number of nitrogens with one attached hydrogen (secondary N) is 1. The normalized spacial score (nSPS) is 32.6. The zero-order valence-electron chi connectivity index (χ0n) is 16.8. The van der Waals surface area contributed by atoms with Crippen LogP contribution in [0.15, 0.2) is 0 Å². The van der Waals surface area contributed by atoms with Gasteiger partial charge >= 0.3 is 6.09 Å². The molecule has 0 unspecified atom stereocenters. The topological polar surface area (TPSA) is 61.9 Å². The molecule has 152 valence electrons. The number of ether oxygens (including phenoxy) is 1. The number of likely N-dealkylation sites (tertiary alicyclic amines) is 2. The van der Waals surface area contributed by atoms with Gasteiger partial charge in [-0.15, -0.1) is 0 Å². The molecule has 2 amide bonds. The highest BCUT2D eigenvalue weighted by molar-refractivity contribution is 5.79. The monoisotopic (exact) mass is 377 g/mol. The lowest BCUT2D eigenvalue weighted by Gasteiger charge is -2.51. The van der Waals surface area contributed by atoms with Crippen molar-refractivity contribution in [2.24, 2.45) is 11.3 Å². The number of hydrogen-bond acceptors (Lipinski definition) is 4. The molecule has 1 spiro atoms. The Balaban J connectivity index is 1.18. The van der Waals surface area contributed by atoms with Crippen LogP contribution in [0.4, 0.5) is 4.79 Å². The maximum Gasteiger partial charge on any atom is 0.409 e. The van der Waals surface area contributed by atoms with Crippen LogP contribution in [0.5, 0.6) is 0 Å². The first-order chi connectivity index (χ1) is 13.1. The van der Waals surface area contributed by atoms with Crippen LogP contribution < -0.4 is 5.32 Å². The molecular weight excluding hydrogens is 342 g/mol. The standard InChI is InChI=1S/C21H35N3O3/c1-2-27-20(26)24-12-9-21(15-24)13-18(14-21)23-10-7-16(8-11-23)19(25)22-17-5-3-4-6-17/h16-18H,2-15H2,1H3,(H,22,25). The van der Waals surface area contributed by atoms with Crippen LogP contribution in [0.25, 0.3) is 0 Å². The number of piperidine rings is 1. The smallest absolute Gasteiger partial charge is 0.409 e. The van der Waals surface area contributed by atoms with Gasteiger partial charge in [0.15, 0.2) is 0 Å². The quantitative estimate of drug-likeness (QED) is 0.818. The minimum atomic E-state index is -0.146. The Morgan fingerprint density at radius 2 is 1.78 bits per heavy atom. The molecule has 2 aliphatic carbocycles. The molecule has 0 bridgehead atoms. The Hall–Kier alpha value is -1.30. The van der Waals surface area contributed by atoms with Crippen LogP contribution in [0.2, 0.25) is 0 Å². The molecule has 6 heteroatoms. The fourth-order valence-electron chi connectivity index (χ4n) is 5.75. The molecule has 4 rings (SSSR count). The summed E-state index contributed by atoms with van der Waals surface area (Å²) >= 11 is 0. The van der Waals surface area contributed by atoms with Gasteiger partial charge in [0, 0.05) is 31.1 Å². The SMILES string of the molecule is CCOC(=O)N1CCC2(CC(N3CCC(C(=O)NC4CCCC4)CC3)C2)C1. The highest BCUT2D eigenvalue weighted by Gasteiger charge is 2.51. The van der Waals surface area contributed by atoms with Crippen molar-refractivity contribution in [1.82, 2.24) is 15.1 Å². The summed E-state index contributed by atoms with van der Waals surface area (Å²) in [6.07, 6.45) is 10.2. The first-order valence-electron chi connectivity index (χ1n) is 11.0. The van der Waals surface area contributed by atoms with Crippen LogP contribution >= 0.6 is 0 Å². The van der Waals surface area contributed by atoms with Crippen LogP contribution in [0.1, 0.15) is 64.7 Å². The lowest BCUT2D eigenvalue weighted by atomic mass is 9.64. The predicted octanol–water partition coefficient (Wildman–Crippen LogP) is 2.77. The van der Waals surface area contributed by atoms with Crippen molar-refractivity contribution in [1.29, 1.82) is 0 Å². The second-order valence-electron chi connectivity index (χ2n) is 9.23. The van der Waals surface area contributed by atoms with Gasteiger partial charge in [-0.1, -0.05) is 12.8 Å². The molecule has 4 fully saturated rings. The molecule has 0 radical (unpaired) electrons. The minimum absolute atomic E-state index is 0.146. The lowest BCUT2D eigenvalue weighted by Crippen LogP contribution is -2.55. The highest BCUT2D eigenvalue weighted by Crippen LogP contribution is 2.50. The van der Waals surface area contributed by atoms with E-state index in [1.54, 1.807) is 0 Å². The third-order valence-electron chi connectivity index (χ3n) is 7.42. The molecular formula is C21H35N3O3. The van der Waals surface area contributed by atoms with Crippen molar-refractivity contribution in [2.75, 3.05) is 32.8 Å². The van der Waals surface area contributed by atoms with Crippen molar-refractivity contribution in [3.05, 3.63) is 0 Å². The average molecular weight is 378 g/mol. The van der Waals surface area contributed by atoms with Gasteiger partial charge in [-0.05, 0) is 70.4 Å². The number of amides is 2. The molecule has 2 saturated carbocycles. The van der Waals surface area contributed by atoms with E-state index in [-0.39, 0.29) is 12.0 Å². The van der Waals surface area contributed by atoms with Crippen molar-refractivity contribution in [3.63, 3.8) is 0 Å². The third kappa shape index (κ3) is 4.10. The number of rotatable bonds is 4. The summed E-state index contributed by atoms with van der Waals surface area (Å²) in [5, 5.41) is 3.28. The van der Waals surface area contributed by atoms with Gasteiger partial charge < -0.3 is 19.9 Å². The number of hydrogen-bond donors (Lipinski definition) is 1. The lowest BCUT2D eigenvalue weighted by molar-refractivity contribution is -0.127. The van der Waals surface area contributed by atoms with Crippen LogP contribution in [-0.2, 0) is 9.53 Å². The van der Waals surface area contributed by atoms with Crippen LogP contribution in [0, 0.1) is 11.3 Å². The molecule has 0 aromatic heterocycles. The van der Waals surface area contributed by atoms with E-state index in [0.717, 1.165) is 58.3 Å². The second-order valence-corrected chi connectivity index (χ2v) is 9.23. The first-order valence-corrected chi connectivity index (χ1v) is 11.0. The number of carbonyl (C=O) groups is 2. The van der Waals surface area contributed by atoms with Crippen molar-refractivity contribution in [3.8, 4) is 0 Å². The molecule has 4 aliphatic rings. The van der Waals surface area contributed by atoms with E-state index in [0.29, 0.717) is 30.0 Å². The molecule has 0 aromatic rings. The van der Waals surface area contributed by atoms with Gasteiger partial charge in [-0.2, -0.15) is 0 Å². The van der Waals surface area contributed by atoms with E-state index >= 15 is 0 Å². The highest BCUT2D eigenvalue weighted by atomic mass is 16.6. The summed E-state index contributed by atoms with van der Waals surface area (Å²) in [6, 6.07) is 1.08. The van der Waals surface area contributed by atoms with Crippen LogP contribution in [-0.4, -0.2) is 66.7 Å². The molecule has 0 aromatic carbocycles. The minimum Gasteiger partial charge on any atom is -0.450 e. The summed E-state index contributed by atoms with van der Waals surface area (Å²) in [5.74, 6) is 0.508. The fourth-order valence-corrected chi connectivity index (χ4v) is 5.75. The number of nitrogens with zero attached hydrogens (tertiary/aromatic N) is 2. The summed E-state index contributed by atoms with van der Waals surface area (Å²) in [7, 11) is 0. The van der Waals surface area contributed by atoms with Gasteiger partial charge in [0.2, 0.25) is 5.91 Å². The molecule has 0 atom stereocenters. The van der Waals surface area contributed by atoms with Gasteiger partial charge in [0.25, 0.3) is 0 Å². The Morgan fingerprint density at radius 1 is 1.07 bits per heavy atom. The fraction of sp³-hybridized carbons (Fsp3) is 0.905. The summed E-state index contributed by atoms with van der Waals surface area (Å²) in [4.78, 5) is 28.9. The zero-order chi connectivity index (χ0) is 18.9. The third-order valence-corrected chi connectivity index (χ3v) is 7.42. The summed E-state index contributed by atoms with van der Waals surface area (Å²) in [5.41, 5.74) is 0.328. The Bertz CT molecular complexity index is 547. The molecule has 27 heavy (non-hydrogen) atoms. The van der Waals surface area contributed by atoms with E-state index in [1.165, 1.54) is 25.7 Å². The molecule has 2 heterocycles. The Kier molecular flexibility index (Phi) is 5.62. The van der Waals surface area contributed by atoms with Crippen molar-refractivity contribution >= 4 is 12.0 Å². The second kappa shape index (κ2) is 7.98. The molecule has 2 saturated heterocycles. The van der Waals surface area contributed by atoms with Crippen LogP contribution in [0.3, 0.4) is 0 Å². The molecule has 2 aliphatic heterocycles. The van der Waals surface area contributed by atoms with Gasteiger partial charge in [0.1, 0.15) is 0 Å². The summed E-state index contributed by atoms with van der Waals surface area (Å²) < 4.78 is 5.15. The molecule has 6 nitrogen and oxygen atoms in total. The molecule has 1 N–H and O–H groups in total. The Morgan fingerprint density at radius 3 is 2.44 bits per heavy atom. The van der Waals surface area contributed by atoms with Gasteiger partial charge in [-0.3, -0.25) is 4.79 Å². The van der Waals surface area contributed by atoms with Crippen molar-refractivity contribution < 1.29 is 14.3 Å². The van der Waals surface area contributed by atoms with E-state index in [2.05, 4.69) is 10.2 Å². The maximum absolute atomic E-state index is 12.5. The van der Waals surface area contributed by atoms with Gasteiger partial charge in [0.05, 0.1) is 6.61 Å². The summed E-state index contributed by atoms with van der Waals surface area (Å²) in [6.45, 7) is 6.11. The van der Waals surface area contributed by atoms with Crippen molar-refractivity contribution in [2.45, 2.75) is 76.8 Å². The van der Waals surface area contributed by atoms with E-state index in [4.69, 9.17) is 4.74 Å². The predicted molar refractivity (Wildman–Crippen MR) is 103 cm³/mol. The number of carbonyl (C=O) groups excluding carboxylic acids is 2. The van der Waals surface area contributed by atoms with Gasteiger partial charge in [-0.25, -0.2) is 4.79 Å². The van der Waals surface area contributed by atoms with E-state index < -0.39 is 0 Å². The van der Waals surface area contributed by atoms with E-state index in [1.807, 2.05) is 11.8 Å². The largest absolute Gasteiger partial charge is 0.450 e. The average Bonchev–Trinajstić information content (AvgIpc) is 3.30. The first kappa shape index (κ1) is 19.0. The Labute approximate surface area is 163 Å². The maximum atomic E-state index is 12.5. The zero-order valence-corrected chi connectivity index (χ0v) is 16.8. The van der Waals surface area contributed by atoms with E-state index in [9.17, 15) is 9.59 Å².